The van der Waals surface area contributed by atoms with Crippen molar-refractivity contribution in [3.8, 4) is 0 Å². The number of carbonyl (C=O) groups excluding carboxylic acids is 1. The lowest BCUT2D eigenvalue weighted by Gasteiger charge is -2.22. The van der Waals surface area contributed by atoms with Gasteiger partial charge in [0, 0.05) is 11.6 Å². The zero-order chi connectivity index (χ0) is 17.4. The molecule has 1 aliphatic rings. The van der Waals surface area contributed by atoms with E-state index in [1.165, 1.54) is 18.3 Å². The molecule has 124 valence electrons. The van der Waals surface area contributed by atoms with Crippen LogP contribution in [0.3, 0.4) is 0 Å². The highest BCUT2D eigenvalue weighted by Gasteiger charge is 2.68. The molecule has 0 spiro atoms. The minimum Gasteiger partial charge on any atom is -0.304 e. The summed E-state index contributed by atoms with van der Waals surface area (Å²) in [6.45, 7) is 0. The Labute approximate surface area is 139 Å². The van der Waals surface area contributed by atoms with E-state index in [4.69, 9.17) is 11.6 Å². The smallest absolute Gasteiger partial charge is 0.304 e. The summed E-state index contributed by atoms with van der Waals surface area (Å²) in [6.07, 6.45) is -3.66. The number of H-pyrrole nitrogens is 1. The first kappa shape index (κ1) is 16.3. The number of aliphatic imine (C=N–C) groups is 1. The molecule has 1 aliphatic heterocycles. The van der Waals surface area contributed by atoms with Crippen LogP contribution in [-0.2, 0) is 4.79 Å². The number of hydrogen-bond donors (Lipinski definition) is 2. The highest BCUT2D eigenvalue weighted by Crippen LogP contribution is 2.37. The predicted molar refractivity (Wildman–Crippen MR) is 81.5 cm³/mol. The first-order chi connectivity index (χ1) is 11.3. The van der Waals surface area contributed by atoms with Gasteiger partial charge in [-0.15, -0.1) is 0 Å². The summed E-state index contributed by atoms with van der Waals surface area (Å²) in [6, 6.07) is 10.8. The Morgan fingerprint density at radius 1 is 1.17 bits per heavy atom. The number of aromatic nitrogens is 1. The van der Waals surface area contributed by atoms with Crippen LogP contribution in [0.1, 0.15) is 5.56 Å². The van der Waals surface area contributed by atoms with E-state index in [1.54, 1.807) is 30.3 Å². The Hall–Kier alpha value is -2.61. The van der Waals surface area contributed by atoms with Gasteiger partial charge in [-0.25, -0.2) is 15.3 Å². The number of carbonyl (C=O) groups is 1. The van der Waals surface area contributed by atoms with Gasteiger partial charge in [0.1, 0.15) is 12.0 Å². The van der Waals surface area contributed by atoms with Crippen LogP contribution in [0.5, 0.6) is 0 Å². The van der Waals surface area contributed by atoms with Crippen molar-refractivity contribution >= 4 is 29.2 Å². The number of aromatic amines is 1. The monoisotopic (exact) mass is 355 g/mol. The molecule has 1 amide bonds. The number of anilines is 1. The van der Waals surface area contributed by atoms with Gasteiger partial charge in [-0.3, -0.25) is 4.79 Å². The third-order valence-electron chi connectivity index (χ3n) is 3.39. The van der Waals surface area contributed by atoms with Crippen LogP contribution in [-0.4, -0.2) is 23.6 Å². The van der Waals surface area contributed by atoms with Crippen LogP contribution in [0.2, 0.25) is 5.02 Å². The van der Waals surface area contributed by atoms with Crippen molar-refractivity contribution in [2.24, 2.45) is 4.99 Å². The third-order valence-corrected chi connectivity index (χ3v) is 3.62. The van der Waals surface area contributed by atoms with Crippen molar-refractivity contribution in [3.63, 3.8) is 0 Å². The third kappa shape index (κ3) is 2.80. The number of pyridine rings is 1. The van der Waals surface area contributed by atoms with Crippen molar-refractivity contribution < 1.29 is 22.9 Å². The van der Waals surface area contributed by atoms with Crippen LogP contribution in [0.4, 0.5) is 19.0 Å². The van der Waals surface area contributed by atoms with Gasteiger partial charge >= 0.3 is 17.7 Å². The standard InChI is InChI=1S/C15H10ClF3N4O/c16-10-6-7-11(20-8-10)22-14(15(17,18)19)13(24)21-12(23-14)9-4-2-1-3-5-9/h1-8H,(H,20,22)(H,21,23,24)/p+1/t14-/m0/s1. The van der Waals surface area contributed by atoms with Gasteiger partial charge in [-0.2, -0.15) is 13.2 Å². The number of benzene rings is 1. The second-order valence-corrected chi connectivity index (χ2v) is 5.47. The van der Waals surface area contributed by atoms with Crippen molar-refractivity contribution in [2.45, 2.75) is 11.8 Å². The Morgan fingerprint density at radius 3 is 2.46 bits per heavy atom. The van der Waals surface area contributed by atoms with E-state index in [-0.39, 0.29) is 11.7 Å². The summed E-state index contributed by atoms with van der Waals surface area (Å²) in [7, 11) is 0. The lowest BCUT2D eigenvalue weighted by molar-refractivity contribution is -0.362. The number of amides is 1. The van der Waals surface area contributed by atoms with Crippen molar-refractivity contribution in [3.05, 3.63) is 59.2 Å². The van der Waals surface area contributed by atoms with Gasteiger partial charge in [0.05, 0.1) is 5.02 Å². The molecule has 0 radical (unpaired) electrons. The number of alkyl halides is 3. The number of halogens is 4. The average Bonchev–Trinajstić information content (AvgIpc) is 2.88. The normalized spacial score (nSPS) is 20.5. The zero-order valence-corrected chi connectivity index (χ0v) is 12.7. The molecular formula is C15H11ClF3N4O+. The highest BCUT2D eigenvalue weighted by atomic mass is 35.5. The number of nitrogens with zero attached hydrogens (tertiary/aromatic N) is 1. The predicted octanol–water partition coefficient (Wildman–Crippen LogP) is 2.40. The Balaban J connectivity index is 2.04. The molecule has 9 heteroatoms. The number of hydrogen-bond acceptors (Lipinski definition) is 3. The highest BCUT2D eigenvalue weighted by molar-refractivity contribution is 6.30. The van der Waals surface area contributed by atoms with E-state index >= 15 is 0 Å². The van der Waals surface area contributed by atoms with Crippen molar-refractivity contribution in [1.29, 1.82) is 0 Å². The first-order valence-electron chi connectivity index (χ1n) is 6.81. The van der Waals surface area contributed by atoms with Crippen LogP contribution >= 0.6 is 11.6 Å². The number of amidine groups is 1. The largest absolute Gasteiger partial charge is 0.464 e. The molecule has 1 atom stereocenters. The van der Waals surface area contributed by atoms with E-state index < -0.39 is 17.7 Å². The van der Waals surface area contributed by atoms with E-state index in [2.05, 4.69) is 20.6 Å². The van der Waals surface area contributed by atoms with E-state index in [9.17, 15) is 18.0 Å². The molecule has 0 fully saturated rings. The minimum atomic E-state index is -4.96. The van der Waals surface area contributed by atoms with E-state index in [1.807, 2.05) is 0 Å². The number of nitrogens with one attached hydrogen (secondary N) is 3. The molecule has 0 saturated heterocycles. The summed E-state index contributed by atoms with van der Waals surface area (Å²) in [5.41, 5.74) is -2.75. The lowest BCUT2D eigenvalue weighted by atomic mass is 10.1. The molecule has 0 saturated carbocycles. The topological polar surface area (TPSA) is 67.6 Å². The molecule has 3 rings (SSSR count). The zero-order valence-electron chi connectivity index (χ0n) is 12.0. The van der Waals surface area contributed by atoms with Gasteiger partial charge in [0.2, 0.25) is 0 Å². The molecule has 5 nitrogen and oxygen atoms in total. The maximum Gasteiger partial charge on any atom is 0.464 e. The minimum absolute atomic E-state index is 0.0510. The first-order valence-corrected chi connectivity index (χ1v) is 7.18. The van der Waals surface area contributed by atoms with E-state index in [0.29, 0.717) is 10.6 Å². The van der Waals surface area contributed by atoms with Gasteiger partial charge in [-0.05, 0) is 6.07 Å². The summed E-state index contributed by atoms with van der Waals surface area (Å²) in [4.78, 5) is 18.3. The summed E-state index contributed by atoms with van der Waals surface area (Å²) in [5, 5.41) is 4.63. The van der Waals surface area contributed by atoms with Crippen LogP contribution in [0.25, 0.3) is 0 Å². The van der Waals surface area contributed by atoms with Crippen molar-refractivity contribution in [1.82, 2.24) is 5.32 Å². The molecule has 0 bridgehead atoms. The van der Waals surface area contributed by atoms with E-state index in [0.717, 1.165) is 0 Å². The molecule has 1 aromatic heterocycles. The maximum atomic E-state index is 13.6. The fraction of sp³-hybridized carbons (Fsp3) is 0.133. The van der Waals surface area contributed by atoms with Crippen molar-refractivity contribution in [2.75, 3.05) is 5.32 Å². The van der Waals surface area contributed by atoms with Gasteiger partial charge < -0.3 is 5.32 Å². The Morgan fingerprint density at radius 2 is 1.88 bits per heavy atom. The van der Waals surface area contributed by atoms with Gasteiger partial charge in [0.25, 0.3) is 5.82 Å². The fourth-order valence-electron chi connectivity index (χ4n) is 2.20. The quantitative estimate of drug-likeness (QED) is 0.887. The summed E-state index contributed by atoms with van der Waals surface area (Å²) < 4.78 is 40.9. The summed E-state index contributed by atoms with van der Waals surface area (Å²) in [5.74, 6) is -1.51. The lowest BCUT2D eigenvalue weighted by Crippen LogP contribution is -2.57. The number of rotatable bonds is 3. The molecule has 0 aliphatic carbocycles. The Bertz CT molecular complexity index is 793. The SMILES string of the molecule is O=C1NC(c2ccccc2)=N[C@]1(Nc1ccc(Cl)c[nH+]1)C(F)(F)F. The van der Waals surface area contributed by atoms with Crippen LogP contribution in [0.15, 0.2) is 53.7 Å². The molecule has 1 aromatic carbocycles. The van der Waals surface area contributed by atoms with Crippen LogP contribution in [0, 0.1) is 0 Å². The molecular weight excluding hydrogens is 345 g/mol. The Kier molecular flexibility index (Phi) is 3.92. The summed E-state index contributed by atoms with van der Waals surface area (Å²) >= 11 is 5.70. The second-order valence-electron chi connectivity index (χ2n) is 5.03. The average molecular weight is 356 g/mol. The second kappa shape index (κ2) is 5.79. The molecule has 3 N–H and O–H groups in total. The molecule has 0 unspecified atom stereocenters. The molecule has 2 heterocycles. The molecule has 24 heavy (non-hydrogen) atoms. The molecule has 2 aromatic rings. The van der Waals surface area contributed by atoms with Gasteiger partial charge in [-0.1, -0.05) is 41.9 Å². The maximum absolute atomic E-state index is 13.6. The van der Waals surface area contributed by atoms with Crippen LogP contribution < -0.4 is 15.6 Å². The fourth-order valence-corrected chi connectivity index (χ4v) is 2.32. The van der Waals surface area contributed by atoms with Gasteiger partial charge in [0.15, 0.2) is 0 Å².